The number of fused-ring (bicyclic) bond motifs is 1. The molecule has 1 aliphatic heterocycles. The van der Waals surface area contributed by atoms with E-state index in [1.54, 1.807) is 24.4 Å². The van der Waals surface area contributed by atoms with Crippen LogP contribution in [0.15, 0.2) is 29.2 Å². The van der Waals surface area contributed by atoms with Crippen molar-refractivity contribution in [3.63, 3.8) is 0 Å². The van der Waals surface area contributed by atoms with Crippen molar-refractivity contribution in [2.45, 2.75) is 25.9 Å². The molecule has 0 saturated carbocycles. The molecule has 0 bridgehead atoms. The van der Waals surface area contributed by atoms with E-state index in [2.05, 4.69) is 16.8 Å². The summed E-state index contributed by atoms with van der Waals surface area (Å²) in [7, 11) is 0. The second-order valence-electron chi connectivity index (χ2n) is 5.78. The Kier molecular flexibility index (Phi) is 3.97. The molecule has 3 rings (SSSR count). The summed E-state index contributed by atoms with van der Waals surface area (Å²) in [6.07, 6.45) is 2.71. The van der Waals surface area contributed by atoms with Gasteiger partial charge in [0, 0.05) is 31.4 Å². The molecule has 2 N–H and O–H groups in total. The van der Waals surface area contributed by atoms with Crippen LogP contribution in [0.4, 0.5) is 0 Å². The minimum absolute atomic E-state index is 0.0975. The number of halogens is 1. The third-order valence-electron chi connectivity index (χ3n) is 4.17. The molecule has 0 radical (unpaired) electrons. The summed E-state index contributed by atoms with van der Waals surface area (Å²) in [5.41, 5.74) is 7.09. The third kappa shape index (κ3) is 2.95. The number of aromatic nitrogens is 2. The lowest BCUT2D eigenvalue weighted by Gasteiger charge is -2.20. The molecule has 2 aromatic heterocycles. The molecule has 2 atom stereocenters. The molecule has 2 unspecified atom stereocenters. The first-order chi connectivity index (χ1) is 10.1. The van der Waals surface area contributed by atoms with Gasteiger partial charge < -0.3 is 5.73 Å². The van der Waals surface area contributed by atoms with E-state index >= 15 is 0 Å². The molecular weight excluding hydrogens is 288 g/mol. The molecule has 6 heteroatoms. The minimum atomic E-state index is -0.0975. The van der Waals surface area contributed by atoms with Gasteiger partial charge in [0.15, 0.2) is 0 Å². The largest absolute Gasteiger partial charge is 0.330 e. The average molecular weight is 307 g/mol. The molecule has 2 aromatic rings. The van der Waals surface area contributed by atoms with Gasteiger partial charge in [0.25, 0.3) is 5.56 Å². The maximum atomic E-state index is 12.2. The number of likely N-dealkylation sites (tertiary alicyclic amines) is 1. The number of nitrogens with two attached hydrogens (primary N) is 1. The number of hydrogen-bond donors (Lipinski definition) is 1. The topological polar surface area (TPSA) is 63.6 Å². The molecule has 0 amide bonds. The van der Waals surface area contributed by atoms with E-state index in [-0.39, 0.29) is 5.56 Å². The Bertz CT molecular complexity index is 714. The quantitative estimate of drug-likeness (QED) is 0.934. The first kappa shape index (κ1) is 14.5. The van der Waals surface area contributed by atoms with Gasteiger partial charge in [0.1, 0.15) is 5.65 Å². The van der Waals surface area contributed by atoms with Gasteiger partial charge in [-0.2, -0.15) is 0 Å². The second-order valence-corrected chi connectivity index (χ2v) is 6.21. The van der Waals surface area contributed by atoms with Gasteiger partial charge in [-0.05, 0) is 37.9 Å². The van der Waals surface area contributed by atoms with Crippen LogP contribution in [0.3, 0.4) is 0 Å². The van der Waals surface area contributed by atoms with E-state index < -0.39 is 0 Å². The van der Waals surface area contributed by atoms with E-state index in [0.29, 0.717) is 35.7 Å². The normalized spacial score (nSPS) is 23.0. The molecule has 1 fully saturated rings. The van der Waals surface area contributed by atoms with E-state index in [4.69, 9.17) is 17.3 Å². The van der Waals surface area contributed by atoms with Crippen molar-refractivity contribution >= 4 is 17.2 Å². The predicted octanol–water partition coefficient (Wildman–Crippen LogP) is 1.52. The van der Waals surface area contributed by atoms with Gasteiger partial charge >= 0.3 is 0 Å². The van der Waals surface area contributed by atoms with Crippen LogP contribution in [0.2, 0.25) is 5.02 Å². The van der Waals surface area contributed by atoms with Gasteiger partial charge in [-0.15, -0.1) is 0 Å². The Labute approximate surface area is 128 Å². The Morgan fingerprint density at radius 2 is 2.29 bits per heavy atom. The van der Waals surface area contributed by atoms with Gasteiger partial charge in [-0.3, -0.25) is 14.1 Å². The highest BCUT2D eigenvalue weighted by atomic mass is 35.5. The Morgan fingerprint density at radius 3 is 3.00 bits per heavy atom. The summed E-state index contributed by atoms with van der Waals surface area (Å²) in [5, 5.41) is 0.526. The summed E-state index contributed by atoms with van der Waals surface area (Å²) < 4.78 is 1.47. The molecule has 0 aliphatic carbocycles. The summed E-state index contributed by atoms with van der Waals surface area (Å²) in [6.45, 7) is 4.57. The molecule has 112 valence electrons. The molecule has 5 nitrogen and oxygen atoms in total. The lowest BCUT2D eigenvalue weighted by atomic mass is 10.1. The molecule has 21 heavy (non-hydrogen) atoms. The van der Waals surface area contributed by atoms with E-state index in [0.717, 1.165) is 18.7 Å². The fourth-order valence-electron chi connectivity index (χ4n) is 3.02. The Morgan fingerprint density at radius 1 is 1.48 bits per heavy atom. The van der Waals surface area contributed by atoms with Crippen LogP contribution in [-0.4, -0.2) is 33.4 Å². The Hall–Kier alpha value is -1.43. The van der Waals surface area contributed by atoms with Crippen molar-refractivity contribution in [2.75, 3.05) is 13.1 Å². The summed E-state index contributed by atoms with van der Waals surface area (Å²) in [5.74, 6) is 0.542. The van der Waals surface area contributed by atoms with Crippen molar-refractivity contribution in [3.8, 4) is 0 Å². The van der Waals surface area contributed by atoms with Crippen molar-refractivity contribution in [3.05, 3.63) is 45.5 Å². The smallest absolute Gasteiger partial charge is 0.258 e. The van der Waals surface area contributed by atoms with Crippen molar-refractivity contribution in [2.24, 2.45) is 11.7 Å². The van der Waals surface area contributed by atoms with E-state index in [1.807, 2.05) is 0 Å². The monoisotopic (exact) mass is 306 g/mol. The average Bonchev–Trinajstić information content (AvgIpc) is 2.80. The van der Waals surface area contributed by atoms with Crippen LogP contribution in [0.5, 0.6) is 0 Å². The lowest BCUT2D eigenvalue weighted by molar-refractivity contribution is 0.253. The fraction of sp³-hybridized carbons (Fsp3) is 0.467. The van der Waals surface area contributed by atoms with Crippen LogP contribution >= 0.6 is 11.6 Å². The number of pyridine rings is 1. The van der Waals surface area contributed by atoms with Crippen molar-refractivity contribution in [1.82, 2.24) is 14.3 Å². The second kappa shape index (κ2) is 5.75. The highest BCUT2D eigenvalue weighted by Gasteiger charge is 2.28. The first-order valence-corrected chi connectivity index (χ1v) is 7.56. The molecule has 3 heterocycles. The van der Waals surface area contributed by atoms with Gasteiger partial charge in [-0.1, -0.05) is 11.6 Å². The van der Waals surface area contributed by atoms with Crippen LogP contribution in [0.1, 0.15) is 19.0 Å². The molecule has 1 aliphatic rings. The summed E-state index contributed by atoms with van der Waals surface area (Å²) in [6, 6.07) is 5.58. The zero-order valence-electron chi connectivity index (χ0n) is 12.0. The maximum Gasteiger partial charge on any atom is 0.258 e. The van der Waals surface area contributed by atoms with E-state index in [9.17, 15) is 4.79 Å². The van der Waals surface area contributed by atoms with Crippen LogP contribution in [-0.2, 0) is 6.54 Å². The third-order valence-corrected chi connectivity index (χ3v) is 4.39. The molecule has 0 spiro atoms. The first-order valence-electron chi connectivity index (χ1n) is 7.19. The minimum Gasteiger partial charge on any atom is -0.330 e. The predicted molar refractivity (Wildman–Crippen MR) is 83.5 cm³/mol. The maximum absolute atomic E-state index is 12.2. The van der Waals surface area contributed by atoms with Crippen LogP contribution < -0.4 is 11.3 Å². The molecular formula is C15H19ClN4O. The van der Waals surface area contributed by atoms with Crippen LogP contribution in [0.25, 0.3) is 5.65 Å². The zero-order valence-corrected chi connectivity index (χ0v) is 12.8. The lowest BCUT2D eigenvalue weighted by Crippen LogP contribution is -2.29. The van der Waals surface area contributed by atoms with Crippen molar-refractivity contribution < 1.29 is 0 Å². The summed E-state index contributed by atoms with van der Waals surface area (Å²) in [4.78, 5) is 19.0. The highest BCUT2D eigenvalue weighted by Crippen LogP contribution is 2.23. The van der Waals surface area contributed by atoms with Gasteiger partial charge in [0.2, 0.25) is 0 Å². The standard InChI is InChI=1S/C15H19ClN4O/c1-10-4-11(6-17)7-19(10)9-13-5-15(21)20-8-12(16)2-3-14(20)18-13/h2-3,5,8,10-11H,4,6-7,9,17H2,1H3. The van der Waals surface area contributed by atoms with Gasteiger partial charge in [0.05, 0.1) is 10.7 Å². The number of nitrogens with zero attached hydrogens (tertiary/aromatic N) is 3. The SMILES string of the molecule is CC1CC(CN)CN1Cc1cc(=O)n2cc(Cl)ccc2n1. The van der Waals surface area contributed by atoms with Gasteiger partial charge in [-0.25, -0.2) is 4.98 Å². The molecule has 0 aromatic carbocycles. The number of hydrogen-bond acceptors (Lipinski definition) is 4. The molecule has 1 saturated heterocycles. The zero-order chi connectivity index (χ0) is 15.0. The fourth-order valence-corrected chi connectivity index (χ4v) is 3.18. The summed E-state index contributed by atoms with van der Waals surface area (Å²) >= 11 is 5.91. The van der Waals surface area contributed by atoms with Crippen LogP contribution in [0, 0.1) is 5.92 Å². The van der Waals surface area contributed by atoms with E-state index in [1.165, 1.54) is 4.40 Å². The van der Waals surface area contributed by atoms with Crippen molar-refractivity contribution in [1.29, 1.82) is 0 Å². The highest BCUT2D eigenvalue weighted by molar-refractivity contribution is 6.30. The Balaban J connectivity index is 1.88. The number of rotatable bonds is 3.